The number of aromatic nitrogens is 1. The van der Waals surface area contributed by atoms with Crippen LogP contribution < -0.4 is 4.90 Å². The Morgan fingerprint density at radius 1 is 0.903 bits per heavy atom. The zero-order valence-electron chi connectivity index (χ0n) is 15.7. The Labute approximate surface area is 197 Å². The van der Waals surface area contributed by atoms with Gasteiger partial charge in [-0.2, -0.15) is 0 Å². The molecule has 3 aromatic carbocycles. The van der Waals surface area contributed by atoms with E-state index in [4.69, 9.17) is 34.8 Å². The van der Waals surface area contributed by atoms with E-state index in [1.807, 2.05) is 42.5 Å². The van der Waals surface area contributed by atoms with E-state index >= 15 is 0 Å². The van der Waals surface area contributed by atoms with Crippen molar-refractivity contribution in [2.75, 3.05) is 4.90 Å². The van der Waals surface area contributed by atoms with E-state index in [2.05, 4.69) is 9.98 Å². The zero-order chi connectivity index (χ0) is 21.5. The number of rotatable bonds is 3. The van der Waals surface area contributed by atoms with Crippen LogP contribution in [-0.2, 0) is 4.79 Å². The Morgan fingerprint density at radius 2 is 1.61 bits per heavy atom. The van der Waals surface area contributed by atoms with Crippen molar-refractivity contribution in [3.8, 4) is 0 Å². The van der Waals surface area contributed by atoms with Crippen LogP contribution in [0.5, 0.6) is 0 Å². The van der Waals surface area contributed by atoms with E-state index in [1.165, 1.54) is 16.2 Å². The van der Waals surface area contributed by atoms with Gasteiger partial charge in [0, 0.05) is 10.6 Å². The van der Waals surface area contributed by atoms with Gasteiger partial charge in [0.1, 0.15) is 11.5 Å². The Bertz CT molecular complexity index is 1340. The van der Waals surface area contributed by atoms with Gasteiger partial charge in [-0.3, -0.25) is 4.79 Å². The minimum atomic E-state index is -0.259. The molecule has 0 unspecified atom stereocenters. The first-order valence-corrected chi connectivity index (χ1v) is 11.2. The number of halogens is 3. The third-order valence-corrected chi connectivity index (χ3v) is 6.65. The highest BCUT2D eigenvalue weighted by Gasteiger charge is 2.34. The summed E-state index contributed by atoms with van der Waals surface area (Å²) in [6.45, 7) is 0. The summed E-state index contributed by atoms with van der Waals surface area (Å²) in [5.74, 6) is 0.257. The summed E-state index contributed by atoms with van der Waals surface area (Å²) in [5.41, 5.74) is 2.63. The summed E-state index contributed by atoms with van der Waals surface area (Å²) in [5, 5.41) is 1.98. The molecule has 0 aliphatic carbocycles. The fraction of sp³-hybridized carbons (Fsp3) is 0. The molecule has 8 heteroatoms. The maximum atomic E-state index is 13.4. The molecule has 1 aromatic heterocycles. The van der Waals surface area contributed by atoms with Crippen LogP contribution in [0, 0.1) is 0 Å². The number of benzene rings is 3. The molecule has 1 aliphatic heterocycles. The zero-order valence-corrected chi connectivity index (χ0v) is 18.8. The molecule has 0 saturated heterocycles. The molecule has 2 heterocycles. The number of amidine groups is 1. The van der Waals surface area contributed by atoms with E-state index in [9.17, 15) is 4.79 Å². The van der Waals surface area contributed by atoms with Crippen LogP contribution in [0.2, 0.25) is 15.1 Å². The third kappa shape index (κ3) is 3.86. The number of aliphatic imine (C=N–C) groups is 1. The minimum absolute atomic E-state index is 0.259. The van der Waals surface area contributed by atoms with Crippen molar-refractivity contribution in [2.45, 2.75) is 0 Å². The second kappa shape index (κ2) is 8.09. The van der Waals surface area contributed by atoms with Crippen LogP contribution in [0.15, 0.2) is 77.4 Å². The number of nitrogens with zero attached hydrogens (tertiary/aromatic N) is 3. The van der Waals surface area contributed by atoms with Crippen LogP contribution in [0.1, 0.15) is 11.1 Å². The van der Waals surface area contributed by atoms with Gasteiger partial charge >= 0.3 is 0 Å². The molecule has 0 bridgehead atoms. The van der Waals surface area contributed by atoms with Gasteiger partial charge in [0.05, 0.1) is 20.3 Å². The molecule has 0 saturated carbocycles. The summed E-state index contributed by atoms with van der Waals surface area (Å²) in [7, 11) is 0. The lowest BCUT2D eigenvalue weighted by Gasteiger charge is -2.14. The summed E-state index contributed by atoms with van der Waals surface area (Å²) in [6.07, 6.45) is 1.74. The quantitative estimate of drug-likeness (QED) is 0.291. The van der Waals surface area contributed by atoms with Gasteiger partial charge < -0.3 is 0 Å². The van der Waals surface area contributed by atoms with Crippen molar-refractivity contribution in [1.82, 2.24) is 4.98 Å². The van der Waals surface area contributed by atoms with Crippen molar-refractivity contribution in [2.24, 2.45) is 4.99 Å². The lowest BCUT2D eigenvalue weighted by molar-refractivity contribution is -0.113. The monoisotopic (exact) mass is 483 g/mol. The second-order valence-corrected chi connectivity index (χ2v) is 9.01. The molecular weight excluding hydrogens is 473 g/mol. The molecule has 5 rings (SSSR count). The Hall–Kier alpha value is -2.70. The predicted octanol–water partition coefficient (Wildman–Crippen LogP) is 7.09. The van der Waals surface area contributed by atoms with Gasteiger partial charge in [-0.1, -0.05) is 88.6 Å². The van der Waals surface area contributed by atoms with E-state index in [0.29, 0.717) is 37.2 Å². The van der Waals surface area contributed by atoms with Gasteiger partial charge in [0.15, 0.2) is 5.13 Å². The molecular formula is C23H12Cl3N3OS. The van der Waals surface area contributed by atoms with Crippen molar-refractivity contribution >= 4 is 79.3 Å². The van der Waals surface area contributed by atoms with Crippen LogP contribution in [0.25, 0.3) is 16.3 Å². The Kier molecular flexibility index (Phi) is 5.28. The molecule has 0 atom stereocenters. The molecule has 152 valence electrons. The topological polar surface area (TPSA) is 45.6 Å². The van der Waals surface area contributed by atoms with Gasteiger partial charge in [-0.15, -0.1) is 0 Å². The van der Waals surface area contributed by atoms with Crippen molar-refractivity contribution in [3.05, 3.63) is 98.6 Å². The number of hydrogen-bond acceptors (Lipinski definition) is 4. The van der Waals surface area contributed by atoms with Gasteiger partial charge in [-0.25, -0.2) is 14.9 Å². The average Bonchev–Trinajstić information content (AvgIpc) is 3.31. The highest BCUT2D eigenvalue weighted by Crippen LogP contribution is 2.37. The number of hydrogen-bond donors (Lipinski definition) is 0. The number of fused-ring (bicyclic) bond motifs is 1. The molecule has 0 fully saturated rings. The van der Waals surface area contributed by atoms with Crippen LogP contribution in [0.4, 0.5) is 5.13 Å². The standard InChI is InChI=1S/C23H12Cl3N3OS/c24-15-8-6-13(7-9-15)10-19-22(30)29(21(27-19)14-4-2-1-3-5-14)23-28-18-11-16(25)17(26)12-20(18)31-23/h1-12H/b19-10-. The van der Waals surface area contributed by atoms with Crippen LogP contribution in [-0.4, -0.2) is 16.7 Å². The van der Waals surface area contributed by atoms with Gasteiger partial charge in [-0.05, 0) is 35.9 Å². The lowest BCUT2D eigenvalue weighted by atomic mass is 10.2. The lowest BCUT2D eigenvalue weighted by Crippen LogP contribution is -2.32. The Morgan fingerprint density at radius 3 is 2.35 bits per heavy atom. The molecule has 1 amide bonds. The third-order valence-electron chi connectivity index (χ3n) is 4.68. The second-order valence-electron chi connectivity index (χ2n) is 6.75. The van der Waals surface area contributed by atoms with E-state index < -0.39 is 0 Å². The molecule has 4 nitrogen and oxygen atoms in total. The molecule has 0 radical (unpaired) electrons. The summed E-state index contributed by atoms with van der Waals surface area (Å²) in [4.78, 5) is 24.2. The normalized spacial score (nSPS) is 15.2. The minimum Gasteiger partial charge on any atom is -0.266 e. The number of thiazole rings is 1. The Balaban J connectivity index is 1.64. The highest BCUT2D eigenvalue weighted by molar-refractivity contribution is 7.22. The van der Waals surface area contributed by atoms with E-state index in [1.54, 1.807) is 30.3 Å². The molecule has 4 aromatic rings. The highest BCUT2D eigenvalue weighted by atomic mass is 35.5. The fourth-order valence-electron chi connectivity index (χ4n) is 3.20. The summed E-state index contributed by atoms with van der Waals surface area (Å²) < 4.78 is 0.833. The predicted molar refractivity (Wildman–Crippen MR) is 130 cm³/mol. The van der Waals surface area contributed by atoms with Gasteiger partial charge in [0.25, 0.3) is 5.91 Å². The van der Waals surface area contributed by atoms with E-state index in [0.717, 1.165) is 15.8 Å². The number of carbonyl (C=O) groups is 1. The first-order chi connectivity index (χ1) is 15.0. The maximum absolute atomic E-state index is 13.4. The molecule has 0 spiro atoms. The first kappa shape index (κ1) is 20.2. The maximum Gasteiger partial charge on any atom is 0.284 e. The van der Waals surface area contributed by atoms with Crippen LogP contribution >= 0.6 is 46.1 Å². The molecule has 0 N–H and O–H groups in total. The smallest absolute Gasteiger partial charge is 0.266 e. The van der Waals surface area contributed by atoms with Crippen LogP contribution in [0.3, 0.4) is 0 Å². The number of carbonyl (C=O) groups excluding carboxylic acids is 1. The first-order valence-electron chi connectivity index (χ1n) is 9.21. The van der Waals surface area contributed by atoms with E-state index in [-0.39, 0.29) is 5.91 Å². The SMILES string of the molecule is O=C1/C(=C/c2ccc(Cl)cc2)N=C(c2ccccc2)N1c1nc2cc(Cl)c(Cl)cc2s1. The van der Waals surface area contributed by atoms with Crippen molar-refractivity contribution < 1.29 is 4.79 Å². The average molecular weight is 485 g/mol. The van der Waals surface area contributed by atoms with Gasteiger partial charge in [0.2, 0.25) is 0 Å². The van der Waals surface area contributed by atoms with Crippen molar-refractivity contribution in [1.29, 1.82) is 0 Å². The molecule has 31 heavy (non-hydrogen) atoms. The number of anilines is 1. The summed E-state index contributed by atoms with van der Waals surface area (Å²) in [6, 6.07) is 20.2. The largest absolute Gasteiger partial charge is 0.284 e. The molecule has 1 aliphatic rings. The van der Waals surface area contributed by atoms with Crippen molar-refractivity contribution in [3.63, 3.8) is 0 Å². The summed E-state index contributed by atoms with van der Waals surface area (Å²) >= 11 is 19.6. The fourth-order valence-corrected chi connectivity index (χ4v) is 4.70. The number of amides is 1.